The summed E-state index contributed by atoms with van der Waals surface area (Å²) in [6.45, 7) is 7.45. The molecule has 0 aromatic heterocycles. The Balaban J connectivity index is 1.65. The van der Waals surface area contributed by atoms with Crippen LogP contribution in [0, 0.1) is 5.92 Å². The summed E-state index contributed by atoms with van der Waals surface area (Å²) in [6, 6.07) is 5.06. The van der Waals surface area contributed by atoms with Crippen LogP contribution in [0.4, 0.5) is 10.5 Å². The van der Waals surface area contributed by atoms with E-state index < -0.39 is 0 Å². The lowest BCUT2D eigenvalue weighted by Crippen LogP contribution is -2.59. The first-order valence-corrected chi connectivity index (χ1v) is 8.44. The van der Waals surface area contributed by atoms with Gasteiger partial charge >= 0.3 is 6.03 Å². The van der Waals surface area contributed by atoms with Crippen LogP contribution in [0.25, 0.3) is 0 Å². The Bertz CT molecular complexity index is 516. The van der Waals surface area contributed by atoms with Crippen LogP contribution in [0.5, 0.6) is 0 Å². The summed E-state index contributed by atoms with van der Waals surface area (Å²) in [5.41, 5.74) is 0.639. The molecule has 2 N–H and O–H groups in total. The van der Waals surface area contributed by atoms with Crippen molar-refractivity contribution >= 4 is 34.9 Å². The molecule has 1 aromatic carbocycles. The summed E-state index contributed by atoms with van der Waals surface area (Å²) >= 11 is 11.8. The van der Waals surface area contributed by atoms with E-state index in [-0.39, 0.29) is 12.1 Å². The molecule has 1 aliphatic rings. The molecule has 2 rings (SSSR count). The Morgan fingerprint density at radius 2 is 2.05 bits per heavy atom. The largest absolute Gasteiger partial charge is 0.333 e. The topological polar surface area (TPSA) is 44.4 Å². The average molecular weight is 344 g/mol. The van der Waals surface area contributed by atoms with Crippen molar-refractivity contribution in [3.8, 4) is 0 Å². The first-order chi connectivity index (χ1) is 10.4. The van der Waals surface area contributed by atoms with E-state index in [1.807, 2.05) is 0 Å². The summed E-state index contributed by atoms with van der Waals surface area (Å²) in [5.74, 6) is 0.757. The fraction of sp³-hybridized carbons (Fsp3) is 0.562. The molecule has 1 heterocycles. The number of benzene rings is 1. The monoisotopic (exact) mass is 343 g/mol. The highest BCUT2D eigenvalue weighted by Crippen LogP contribution is 2.25. The van der Waals surface area contributed by atoms with E-state index in [1.54, 1.807) is 18.2 Å². The molecule has 6 heteroatoms. The molecular formula is C16H23Cl2N3O. The number of nitrogens with zero attached hydrogens (tertiary/aromatic N) is 1. The lowest BCUT2D eigenvalue weighted by atomic mass is 10.1. The highest BCUT2D eigenvalue weighted by Gasteiger charge is 2.27. The summed E-state index contributed by atoms with van der Waals surface area (Å²) in [6.07, 6.45) is 2.48. The number of hydrogen-bond donors (Lipinski definition) is 2. The van der Waals surface area contributed by atoms with Crippen molar-refractivity contribution in [3.05, 3.63) is 28.2 Å². The summed E-state index contributed by atoms with van der Waals surface area (Å²) < 4.78 is 0. The van der Waals surface area contributed by atoms with E-state index in [0.717, 1.165) is 25.6 Å². The van der Waals surface area contributed by atoms with Gasteiger partial charge in [0.15, 0.2) is 0 Å². The van der Waals surface area contributed by atoms with Crippen LogP contribution in [-0.4, -0.2) is 36.6 Å². The molecule has 1 aromatic rings. The van der Waals surface area contributed by atoms with Gasteiger partial charge in [0.05, 0.1) is 16.1 Å². The number of carbonyl (C=O) groups is 1. The number of urea groups is 1. The van der Waals surface area contributed by atoms with Crippen molar-refractivity contribution in [1.29, 1.82) is 0 Å². The molecule has 22 heavy (non-hydrogen) atoms. The highest BCUT2D eigenvalue weighted by molar-refractivity contribution is 6.42. The molecule has 122 valence electrons. The van der Waals surface area contributed by atoms with Crippen LogP contribution in [0.1, 0.15) is 26.7 Å². The second-order valence-electron chi connectivity index (χ2n) is 6.22. The van der Waals surface area contributed by atoms with Gasteiger partial charge in [-0.15, -0.1) is 0 Å². The summed E-state index contributed by atoms with van der Waals surface area (Å²) in [5, 5.41) is 6.64. The van der Waals surface area contributed by atoms with Crippen LogP contribution < -0.4 is 10.6 Å². The van der Waals surface area contributed by atoms with Gasteiger partial charge < -0.3 is 10.6 Å². The molecular weight excluding hydrogens is 321 g/mol. The third kappa shape index (κ3) is 5.34. The molecule has 0 unspecified atom stereocenters. The number of nitrogens with one attached hydrogen (secondary N) is 2. The Morgan fingerprint density at radius 1 is 1.32 bits per heavy atom. The maximum absolute atomic E-state index is 11.9. The number of anilines is 1. The van der Waals surface area contributed by atoms with Crippen LogP contribution >= 0.6 is 23.2 Å². The number of rotatable bonds is 6. The van der Waals surface area contributed by atoms with E-state index >= 15 is 0 Å². The normalized spacial score (nSPS) is 15.7. The van der Waals surface area contributed by atoms with Gasteiger partial charge in [0.1, 0.15) is 0 Å². The van der Waals surface area contributed by atoms with E-state index in [2.05, 4.69) is 29.4 Å². The first kappa shape index (κ1) is 17.4. The zero-order valence-electron chi connectivity index (χ0n) is 13.0. The zero-order chi connectivity index (χ0) is 16.1. The van der Waals surface area contributed by atoms with E-state index in [1.165, 1.54) is 12.8 Å². The van der Waals surface area contributed by atoms with Crippen molar-refractivity contribution in [1.82, 2.24) is 10.2 Å². The van der Waals surface area contributed by atoms with Gasteiger partial charge in [0.25, 0.3) is 0 Å². The van der Waals surface area contributed by atoms with Crippen LogP contribution in [-0.2, 0) is 0 Å². The lowest BCUT2D eigenvalue weighted by molar-refractivity contribution is 0.128. The van der Waals surface area contributed by atoms with Crippen LogP contribution in [0.2, 0.25) is 10.0 Å². The minimum atomic E-state index is -0.204. The molecule has 0 bridgehead atoms. The molecule has 1 aliphatic heterocycles. The van der Waals surface area contributed by atoms with E-state index in [0.29, 0.717) is 15.7 Å². The van der Waals surface area contributed by atoms with Crippen molar-refractivity contribution in [2.75, 3.05) is 25.0 Å². The van der Waals surface area contributed by atoms with Gasteiger partial charge in [-0.2, -0.15) is 0 Å². The van der Waals surface area contributed by atoms with Gasteiger partial charge in [0, 0.05) is 18.8 Å². The smallest absolute Gasteiger partial charge is 0.319 e. The first-order valence-electron chi connectivity index (χ1n) is 7.69. The van der Waals surface area contributed by atoms with E-state index in [4.69, 9.17) is 23.2 Å². The predicted molar refractivity (Wildman–Crippen MR) is 92.9 cm³/mol. The molecule has 2 amide bonds. The Hall–Kier alpha value is -0.970. The fourth-order valence-corrected chi connectivity index (χ4v) is 2.79. The van der Waals surface area contributed by atoms with E-state index in [9.17, 15) is 4.79 Å². The SMILES string of the molecule is CC(C)CCCN1CC(NC(=O)Nc2ccc(Cl)c(Cl)c2)C1. The number of hydrogen-bond acceptors (Lipinski definition) is 2. The Morgan fingerprint density at radius 3 is 2.68 bits per heavy atom. The predicted octanol–water partition coefficient (Wildman–Crippen LogP) is 4.24. The molecule has 0 radical (unpaired) electrons. The van der Waals surface area contributed by atoms with Gasteiger partial charge in [-0.05, 0) is 43.5 Å². The Kier molecular flexibility index (Phi) is 6.36. The number of amides is 2. The molecule has 0 saturated carbocycles. The molecule has 0 atom stereocenters. The fourth-order valence-electron chi connectivity index (χ4n) is 2.49. The number of carbonyl (C=O) groups excluding carboxylic acids is 1. The molecule has 1 saturated heterocycles. The van der Waals surface area contributed by atoms with Gasteiger partial charge in [0.2, 0.25) is 0 Å². The zero-order valence-corrected chi connectivity index (χ0v) is 14.5. The van der Waals surface area contributed by atoms with Gasteiger partial charge in [-0.3, -0.25) is 4.90 Å². The molecule has 0 aliphatic carbocycles. The van der Waals surface area contributed by atoms with Crippen molar-refractivity contribution in [3.63, 3.8) is 0 Å². The average Bonchev–Trinajstić information content (AvgIpc) is 2.39. The maximum Gasteiger partial charge on any atom is 0.319 e. The quantitative estimate of drug-likeness (QED) is 0.811. The number of halogens is 2. The molecule has 1 fully saturated rings. The van der Waals surface area contributed by atoms with Crippen molar-refractivity contribution in [2.24, 2.45) is 5.92 Å². The third-order valence-corrected chi connectivity index (χ3v) is 4.46. The van der Waals surface area contributed by atoms with Gasteiger partial charge in [-0.25, -0.2) is 4.79 Å². The standard InChI is InChI=1S/C16H23Cl2N3O/c1-11(2)4-3-7-21-9-13(10-21)20-16(22)19-12-5-6-14(17)15(18)8-12/h5-6,8,11,13H,3-4,7,9-10H2,1-2H3,(H2,19,20,22). The van der Waals surface area contributed by atoms with Crippen LogP contribution in [0.3, 0.4) is 0 Å². The third-order valence-electron chi connectivity index (χ3n) is 3.73. The Labute approximate surface area is 142 Å². The van der Waals surface area contributed by atoms with Crippen LogP contribution in [0.15, 0.2) is 18.2 Å². The molecule has 0 spiro atoms. The lowest BCUT2D eigenvalue weighted by Gasteiger charge is -2.39. The maximum atomic E-state index is 11.9. The van der Waals surface area contributed by atoms with Crippen molar-refractivity contribution < 1.29 is 4.79 Å². The highest BCUT2D eigenvalue weighted by atomic mass is 35.5. The summed E-state index contributed by atoms with van der Waals surface area (Å²) in [7, 11) is 0. The second kappa shape index (κ2) is 8.04. The van der Waals surface area contributed by atoms with Gasteiger partial charge in [-0.1, -0.05) is 37.0 Å². The number of likely N-dealkylation sites (tertiary alicyclic amines) is 1. The van der Waals surface area contributed by atoms with Crippen molar-refractivity contribution in [2.45, 2.75) is 32.7 Å². The minimum absolute atomic E-state index is 0.204. The summed E-state index contributed by atoms with van der Waals surface area (Å²) in [4.78, 5) is 14.3. The minimum Gasteiger partial charge on any atom is -0.333 e. The molecule has 4 nitrogen and oxygen atoms in total. The second-order valence-corrected chi connectivity index (χ2v) is 7.03.